The van der Waals surface area contributed by atoms with E-state index in [9.17, 15) is 14.4 Å². The van der Waals surface area contributed by atoms with Crippen LogP contribution in [0.15, 0.2) is 24.3 Å². The summed E-state index contributed by atoms with van der Waals surface area (Å²) in [4.78, 5) is 31.5. The van der Waals surface area contributed by atoms with Crippen LogP contribution in [0.25, 0.3) is 0 Å². The predicted octanol–water partition coefficient (Wildman–Crippen LogP) is 0.846. The van der Waals surface area contributed by atoms with Gasteiger partial charge in [0, 0.05) is 0 Å². The summed E-state index contributed by atoms with van der Waals surface area (Å²) < 4.78 is 0. The van der Waals surface area contributed by atoms with Gasteiger partial charge in [-0.25, -0.2) is 0 Å². The molecule has 3 nitrogen and oxygen atoms in total. The molecule has 0 heterocycles. The maximum absolute atomic E-state index is 10.8. The number of hydrogen-bond acceptors (Lipinski definition) is 3. The van der Waals surface area contributed by atoms with Crippen LogP contribution in [0.5, 0.6) is 0 Å². The summed E-state index contributed by atoms with van der Waals surface area (Å²) in [6, 6.07) is 0. The van der Waals surface area contributed by atoms with Crippen LogP contribution in [0.3, 0.4) is 0 Å². The van der Waals surface area contributed by atoms with E-state index in [-0.39, 0.29) is 17.3 Å². The summed E-state index contributed by atoms with van der Waals surface area (Å²) in [7, 11) is 0. The monoisotopic (exact) mass is 166 g/mol. The molecule has 0 saturated carbocycles. The number of carbonyl (C=O) groups excluding carboxylic acids is 3. The highest BCUT2D eigenvalue weighted by molar-refractivity contribution is 6.06. The highest BCUT2D eigenvalue weighted by atomic mass is 16.1. The van der Waals surface area contributed by atoms with Gasteiger partial charge >= 0.3 is 0 Å². The van der Waals surface area contributed by atoms with Gasteiger partial charge in [0.05, 0.1) is 0 Å². The SMILES string of the molecule is CC(=O)C=CC(=O)C=CC(C)=O. The molecule has 0 aromatic heterocycles. The van der Waals surface area contributed by atoms with Crippen molar-refractivity contribution in [1.82, 2.24) is 0 Å². The van der Waals surface area contributed by atoms with E-state index in [0.29, 0.717) is 0 Å². The Bertz CT molecular complexity index is 233. The molecule has 0 spiro atoms. The van der Waals surface area contributed by atoms with E-state index in [1.54, 1.807) is 0 Å². The third-order valence-electron chi connectivity index (χ3n) is 0.965. The summed E-state index contributed by atoms with van der Waals surface area (Å²) in [5, 5.41) is 0. The molecule has 0 radical (unpaired) electrons. The fraction of sp³-hybridized carbons (Fsp3) is 0.222. The van der Waals surface area contributed by atoms with E-state index in [2.05, 4.69) is 0 Å². The predicted molar refractivity (Wildman–Crippen MR) is 44.6 cm³/mol. The Labute approximate surface area is 70.8 Å². The second-order valence-corrected chi connectivity index (χ2v) is 2.29. The second kappa shape index (κ2) is 5.18. The van der Waals surface area contributed by atoms with Crippen LogP contribution >= 0.6 is 0 Å². The lowest BCUT2D eigenvalue weighted by Crippen LogP contribution is -1.90. The Hall–Kier alpha value is -1.51. The van der Waals surface area contributed by atoms with Gasteiger partial charge in [0.2, 0.25) is 0 Å². The Morgan fingerprint density at radius 3 is 1.33 bits per heavy atom. The number of rotatable bonds is 4. The zero-order chi connectivity index (χ0) is 9.56. The number of carbonyl (C=O) groups is 3. The molecule has 0 aromatic rings. The van der Waals surface area contributed by atoms with E-state index in [4.69, 9.17) is 0 Å². The molecule has 0 unspecified atom stereocenters. The number of ketones is 3. The molecule has 3 heteroatoms. The Balaban J connectivity index is 4.07. The van der Waals surface area contributed by atoms with E-state index in [0.717, 1.165) is 24.3 Å². The third-order valence-corrected chi connectivity index (χ3v) is 0.965. The first-order chi connectivity index (χ1) is 5.52. The van der Waals surface area contributed by atoms with Crippen LogP contribution in [0, 0.1) is 0 Å². The van der Waals surface area contributed by atoms with Gasteiger partial charge in [-0.3, -0.25) is 14.4 Å². The fourth-order valence-corrected chi connectivity index (χ4v) is 0.455. The molecule has 0 bridgehead atoms. The van der Waals surface area contributed by atoms with Gasteiger partial charge in [-0.1, -0.05) is 0 Å². The minimum absolute atomic E-state index is 0.195. The number of allylic oxidation sites excluding steroid dienone is 4. The van der Waals surface area contributed by atoms with Crippen LogP contribution in [-0.2, 0) is 14.4 Å². The van der Waals surface area contributed by atoms with Crippen LogP contribution in [-0.4, -0.2) is 17.3 Å². The topological polar surface area (TPSA) is 51.2 Å². The van der Waals surface area contributed by atoms with Crippen molar-refractivity contribution in [2.75, 3.05) is 0 Å². The van der Waals surface area contributed by atoms with Crippen LogP contribution in [0.2, 0.25) is 0 Å². The van der Waals surface area contributed by atoms with Gasteiger partial charge in [0.25, 0.3) is 0 Å². The summed E-state index contributed by atoms with van der Waals surface area (Å²) in [5.41, 5.74) is 0. The summed E-state index contributed by atoms with van der Waals surface area (Å²) >= 11 is 0. The van der Waals surface area contributed by atoms with Crippen molar-refractivity contribution in [3.63, 3.8) is 0 Å². The molecule has 12 heavy (non-hydrogen) atoms. The zero-order valence-electron chi connectivity index (χ0n) is 7.03. The summed E-state index contributed by atoms with van der Waals surface area (Å²) in [5.74, 6) is -0.750. The smallest absolute Gasteiger partial charge is 0.178 e. The zero-order valence-corrected chi connectivity index (χ0v) is 7.03. The molecule has 0 atom stereocenters. The van der Waals surface area contributed by atoms with Crippen LogP contribution < -0.4 is 0 Å². The highest BCUT2D eigenvalue weighted by Gasteiger charge is 1.90. The average molecular weight is 166 g/mol. The van der Waals surface area contributed by atoms with Crippen molar-refractivity contribution < 1.29 is 14.4 Å². The maximum atomic E-state index is 10.8. The normalized spacial score (nSPS) is 10.8. The lowest BCUT2D eigenvalue weighted by Gasteiger charge is -1.80. The molecule has 0 aliphatic heterocycles. The lowest BCUT2D eigenvalue weighted by atomic mass is 10.2. The number of hydrogen-bond donors (Lipinski definition) is 0. The quantitative estimate of drug-likeness (QED) is 0.581. The lowest BCUT2D eigenvalue weighted by molar-refractivity contribution is -0.114. The van der Waals surface area contributed by atoms with Crippen molar-refractivity contribution in [1.29, 1.82) is 0 Å². The van der Waals surface area contributed by atoms with Crippen molar-refractivity contribution in [2.45, 2.75) is 13.8 Å². The Morgan fingerprint density at radius 2 is 1.08 bits per heavy atom. The second-order valence-electron chi connectivity index (χ2n) is 2.29. The molecule has 0 fully saturated rings. The summed E-state index contributed by atoms with van der Waals surface area (Å²) in [6.45, 7) is 2.69. The van der Waals surface area contributed by atoms with Gasteiger partial charge in [-0.05, 0) is 38.2 Å². The third kappa shape index (κ3) is 6.61. The molecular weight excluding hydrogens is 156 g/mol. The van der Waals surface area contributed by atoms with E-state index in [1.807, 2.05) is 0 Å². The molecule has 64 valence electrons. The largest absolute Gasteiger partial charge is 0.295 e. The van der Waals surface area contributed by atoms with E-state index < -0.39 is 0 Å². The Morgan fingerprint density at radius 1 is 0.750 bits per heavy atom. The first-order valence-electron chi connectivity index (χ1n) is 3.43. The molecule has 0 aliphatic carbocycles. The van der Waals surface area contributed by atoms with Crippen LogP contribution in [0.4, 0.5) is 0 Å². The maximum Gasteiger partial charge on any atom is 0.178 e. The van der Waals surface area contributed by atoms with Gasteiger partial charge < -0.3 is 0 Å². The molecule has 0 saturated heterocycles. The highest BCUT2D eigenvalue weighted by Crippen LogP contribution is 1.83. The van der Waals surface area contributed by atoms with Crippen molar-refractivity contribution in [3.8, 4) is 0 Å². The summed E-state index contributed by atoms with van der Waals surface area (Å²) in [6.07, 6.45) is 4.57. The molecule has 0 rings (SSSR count). The van der Waals surface area contributed by atoms with Crippen molar-refractivity contribution >= 4 is 17.3 Å². The van der Waals surface area contributed by atoms with Gasteiger partial charge in [-0.2, -0.15) is 0 Å². The van der Waals surface area contributed by atoms with E-state index >= 15 is 0 Å². The Kier molecular flexibility index (Phi) is 4.53. The van der Waals surface area contributed by atoms with Crippen molar-refractivity contribution in [3.05, 3.63) is 24.3 Å². The average Bonchev–Trinajstić information content (AvgIpc) is 1.96. The van der Waals surface area contributed by atoms with Crippen LogP contribution in [0.1, 0.15) is 13.8 Å². The minimum Gasteiger partial charge on any atom is -0.295 e. The van der Waals surface area contributed by atoms with Crippen molar-refractivity contribution in [2.24, 2.45) is 0 Å². The molecule has 0 amide bonds. The van der Waals surface area contributed by atoms with E-state index in [1.165, 1.54) is 13.8 Å². The molecule has 0 aromatic carbocycles. The molecule has 0 aliphatic rings. The standard InChI is InChI=1S/C9H10O3/c1-7(10)3-5-9(12)6-4-8(2)11/h3-6H,1-2H3. The first kappa shape index (κ1) is 10.5. The van der Waals surface area contributed by atoms with Gasteiger partial charge in [-0.15, -0.1) is 0 Å². The first-order valence-corrected chi connectivity index (χ1v) is 3.43. The molecule has 0 N–H and O–H groups in total. The van der Waals surface area contributed by atoms with Gasteiger partial charge in [0.15, 0.2) is 17.3 Å². The fourth-order valence-electron chi connectivity index (χ4n) is 0.455. The minimum atomic E-state index is -0.361. The molecular formula is C9H10O3. The van der Waals surface area contributed by atoms with Gasteiger partial charge in [0.1, 0.15) is 0 Å².